The molecule has 1 fully saturated rings. The first-order valence-corrected chi connectivity index (χ1v) is 11.1. The van der Waals surface area contributed by atoms with Gasteiger partial charge >= 0.3 is 0 Å². The predicted octanol–water partition coefficient (Wildman–Crippen LogP) is 6.41. The Morgan fingerprint density at radius 2 is 1.42 bits per heavy atom. The number of rotatable bonds is 5. The van der Waals surface area contributed by atoms with Crippen LogP contribution >= 0.6 is 11.8 Å². The topological polar surface area (TPSA) is 40.5 Å². The number of thioether (sulfide) groups is 1. The molecule has 0 aromatic heterocycles. The molecule has 2 nitrogen and oxygen atoms in total. The molecule has 0 saturated heterocycles. The van der Waals surface area contributed by atoms with Crippen molar-refractivity contribution in [2.24, 2.45) is 5.41 Å². The molecule has 0 atom stereocenters. The maximum absolute atomic E-state index is 10.9. The van der Waals surface area contributed by atoms with Crippen LogP contribution < -0.4 is 0 Å². The van der Waals surface area contributed by atoms with E-state index in [1.165, 1.54) is 37.0 Å². The Morgan fingerprint density at radius 1 is 0.923 bits per heavy atom. The van der Waals surface area contributed by atoms with E-state index in [0.29, 0.717) is 12.4 Å². The molecule has 0 heterocycles. The van der Waals surface area contributed by atoms with Gasteiger partial charge in [0.25, 0.3) is 0 Å². The second-order valence-corrected chi connectivity index (χ2v) is 11.4. The van der Waals surface area contributed by atoms with E-state index in [0.717, 1.165) is 23.3 Å². The monoisotopic (exact) mass is 378 g/mol. The van der Waals surface area contributed by atoms with Crippen molar-refractivity contribution < 1.29 is 10.2 Å². The molecule has 0 aliphatic heterocycles. The minimum Gasteiger partial charge on any atom is -0.507 e. The van der Waals surface area contributed by atoms with Crippen LogP contribution in [0.3, 0.4) is 0 Å². The molecule has 0 bridgehead atoms. The highest BCUT2D eigenvalue weighted by Crippen LogP contribution is 2.43. The Labute approximate surface area is 164 Å². The quantitative estimate of drug-likeness (QED) is 0.581. The summed E-state index contributed by atoms with van der Waals surface area (Å²) in [5.74, 6) is 1.48. The first-order chi connectivity index (χ1) is 12.0. The number of aromatic hydroxyl groups is 1. The van der Waals surface area contributed by atoms with E-state index in [1.54, 1.807) is 0 Å². The SMILES string of the molecule is CC(C)(C)c1cc(SCCC2(CO)CCCCC2)cc(C(C)(C)C)c1O. The van der Waals surface area contributed by atoms with Gasteiger partial charge in [-0.3, -0.25) is 0 Å². The largest absolute Gasteiger partial charge is 0.507 e. The molecular weight excluding hydrogens is 340 g/mol. The molecule has 1 saturated carbocycles. The summed E-state index contributed by atoms with van der Waals surface area (Å²) in [7, 11) is 0. The lowest BCUT2D eigenvalue weighted by Crippen LogP contribution is -2.28. The summed E-state index contributed by atoms with van der Waals surface area (Å²) in [6.07, 6.45) is 7.24. The fourth-order valence-corrected chi connectivity index (χ4v) is 5.18. The number of hydrogen-bond acceptors (Lipinski definition) is 3. The van der Waals surface area contributed by atoms with Gasteiger partial charge in [-0.1, -0.05) is 60.8 Å². The van der Waals surface area contributed by atoms with E-state index >= 15 is 0 Å². The summed E-state index contributed by atoms with van der Waals surface area (Å²) in [6, 6.07) is 4.34. The standard InChI is InChI=1S/C23H38O2S/c1-21(2,3)18-14-17(15-19(20(18)25)22(4,5)6)26-13-12-23(16-24)10-8-7-9-11-23/h14-15,24-25H,7-13,16H2,1-6H3. The van der Waals surface area contributed by atoms with Crippen molar-refractivity contribution in [3.63, 3.8) is 0 Å². The first-order valence-electron chi connectivity index (χ1n) is 10.1. The fourth-order valence-electron chi connectivity index (χ4n) is 4.01. The third-order valence-electron chi connectivity index (χ3n) is 5.85. The Hall–Kier alpha value is -0.670. The maximum Gasteiger partial charge on any atom is 0.123 e. The summed E-state index contributed by atoms with van der Waals surface area (Å²) in [4.78, 5) is 1.24. The number of hydrogen-bond donors (Lipinski definition) is 2. The van der Waals surface area contributed by atoms with Crippen LogP contribution in [0.5, 0.6) is 5.75 Å². The molecule has 1 aromatic carbocycles. The van der Waals surface area contributed by atoms with E-state index in [9.17, 15) is 10.2 Å². The lowest BCUT2D eigenvalue weighted by atomic mass is 9.73. The number of aliphatic hydroxyl groups excluding tert-OH is 1. The van der Waals surface area contributed by atoms with Gasteiger partial charge in [0.05, 0.1) is 0 Å². The van der Waals surface area contributed by atoms with E-state index in [4.69, 9.17) is 0 Å². The van der Waals surface area contributed by atoms with E-state index in [1.807, 2.05) is 11.8 Å². The zero-order chi connectivity index (χ0) is 19.6. The molecule has 1 aliphatic rings. The minimum absolute atomic E-state index is 0.0870. The zero-order valence-corrected chi connectivity index (χ0v) is 18.4. The Kier molecular flexibility index (Phi) is 6.77. The Morgan fingerprint density at radius 3 is 1.85 bits per heavy atom. The molecule has 0 unspecified atom stereocenters. The molecule has 0 spiro atoms. The molecule has 2 N–H and O–H groups in total. The second kappa shape index (κ2) is 8.14. The van der Waals surface area contributed by atoms with E-state index in [-0.39, 0.29) is 16.2 Å². The summed E-state index contributed by atoms with van der Waals surface area (Å²) in [5, 5.41) is 20.8. The zero-order valence-electron chi connectivity index (χ0n) is 17.6. The van der Waals surface area contributed by atoms with E-state index < -0.39 is 0 Å². The highest BCUT2D eigenvalue weighted by molar-refractivity contribution is 7.99. The molecule has 148 valence electrons. The van der Waals surface area contributed by atoms with Crippen LogP contribution in [-0.4, -0.2) is 22.6 Å². The molecule has 26 heavy (non-hydrogen) atoms. The van der Waals surface area contributed by atoms with Crippen LogP contribution in [0.2, 0.25) is 0 Å². The van der Waals surface area contributed by atoms with Crippen molar-refractivity contribution >= 4 is 11.8 Å². The summed E-state index contributed by atoms with van der Waals surface area (Å²) in [6.45, 7) is 13.3. The molecule has 1 aliphatic carbocycles. The summed E-state index contributed by atoms with van der Waals surface area (Å²) < 4.78 is 0. The smallest absolute Gasteiger partial charge is 0.123 e. The van der Waals surface area contributed by atoms with Crippen LogP contribution in [0.25, 0.3) is 0 Å². The van der Waals surface area contributed by atoms with E-state index in [2.05, 4.69) is 53.7 Å². The van der Waals surface area contributed by atoms with Crippen LogP contribution in [0.15, 0.2) is 17.0 Å². The molecule has 0 radical (unpaired) electrons. The lowest BCUT2D eigenvalue weighted by Gasteiger charge is -2.35. The average Bonchev–Trinajstić information content (AvgIpc) is 2.55. The molecule has 3 heteroatoms. The lowest BCUT2D eigenvalue weighted by molar-refractivity contribution is 0.0795. The third-order valence-corrected chi connectivity index (χ3v) is 6.83. The van der Waals surface area contributed by atoms with Crippen LogP contribution in [0.4, 0.5) is 0 Å². The van der Waals surface area contributed by atoms with Crippen molar-refractivity contribution in [3.8, 4) is 5.75 Å². The van der Waals surface area contributed by atoms with Gasteiger partial charge in [0.2, 0.25) is 0 Å². The van der Waals surface area contributed by atoms with Crippen molar-refractivity contribution in [3.05, 3.63) is 23.3 Å². The highest BCUT2D eigenvalue weighted by Gasteiger charge is 2.31. The molecular formula is C23H38O2S. The Bertz CT molecular complexity index is 567. The van der Waals surface area contributed by atoms with Crippen LogP contribution in [0, 0.1) is 5.41 Å². The van der Waals surface area contributed by atoms with Gasteiger partial charge in [0.1, 0.15) is 5.75 Å². The van der Waals surface area contributed by atoms with Crippen molar-refractivity contribution in [1.82, 2.24) is 0 Å². The van der Waals surface area contributed by atoms with Gasteiger partial charge in [0.15, 0.2) is 0 Å². The van der Waals surface area contributed by atoms with Gasteiger partial charge < -0.3 is 10.2 Å². The van der Waals surface area contributed by atoms with Gasteiger partial charge in [-0.2, -0.15) is 0 Å². The number of phenols is 1. The van der Waals surface area contributed by atoms with Gasteiger partial charge in [-0.05, 0) is 53.4 Å². The van der Waals surface area contributed by atoms with Gasteiger partial charge in [0, 0.05) is 22.6 Å². The average molecular weight is 379 g/mol. The van der Waals surface area contributed by atoms with Crippen LogP contribution in [0.1, 0.15) is 91.2 Å². The summed E-state index contributed by atoms with van der Waals surface area (Å²) in [5.41, 5.74) is 2.03. The fraction of sp³-hybridized carbons (Fsp3) is 0.739. The number of phenolic OH excluding ortho intramolecular Hbond substituents is 1. The van der Waals surface area contributed by atoms with Crippen LogP contribution in [-0.2, 0) is 10.8 Å². The number of benzene rings is 1. The van der Waals surface area contributed by atoms with Crippen molar-refractivity contribution in [2.75, 3.05) is 12.4 Å². The van der Waals surface area contributed by atoms with Crippen molar-refractivity contribution in [1.29, 1.82) is 0 Å². The molecule has 1 aromatic rings. The highest BCUT2D eigenvalue weighted by atomic mass is 32.2. The molecule has 0 amide bonds. The van der Waals surface area contributed by atoms with Crippen molar-refractivity contribution in [2.45, 2.75) is 95.8 Å². The third kappa shape index (κ3) is 5.19. The van der Waals surface area contributed by atoms with Gasteiger partial charge in [-0.15, -0.1) is 11.8 Å². The summed E-state index contributed by atoms with van der Waals surface area (Å²) >= 11 is 1.88. The molecule has 2 rings (SSSR count). The normalized spacial score (nSPS) is 18.1. The Balaban J connectivity index is 2.21. The van der Waals surface area contributed by atoms with Gasteiger partial charge in [-0.25, -0.2) is 0 Å². The maximum atomic E-state index is 10.9. The minimum atomic E-state index is -0.0870. The predicted molar refractivity (Wildman–Crippen MR) is 113 cm³/mol. The first kappa shape index (κ1) is 21.6. The number of aliphatic hydroxyl groups is 1. The second-order valence-electron chi connectivity index (χ2n) is 10.2.